The second kappa shape index (κ2) is 2.67. The van der Waals surface area contributed by atoms with Gasteiger partial charge in [-0.25, -0.2) is 0 Å². The van der Waals surface area contributed by atoms with Crippen molar-refractivity contribution in [3.05, 3.63) is 7.05 Å². The van der Waals surface area contributed by atoms with Crippen molar-refractivity contribution in [3.63, 3.8) is 0 Å². The molecule has 2 nitrogen and oxygen atoms in total. The SMILES string of the molecule is [CH2-]N1CC(CO)CC1C. The normalized spacial score (nSPS) is 37.7. The molecule has 1 aliphatic rings. The van der Waals surface area contributed by atoms with E-state index in [0.29, 0.717) is 18.6 Å². The lowest BCUT2D eigenvalue weighted by atomic mass is 10.1. The number of hydrogen-bond acceptors (Lipinski definition) is 2. The van der Waals surface area contributed by atoms with Gasteiger partial charge < -0.3 is 10.0 Å². The van der Waals surface area contributed by atoms with Crippen LogP contribution in [0.25, 0.3) is 0 Å². The molecule has 0 aromatic rings. The molecule has 0 spiro atoms. The van der Waals surface area contributed by atoms with Gasteiger partial charge in [0.15, 0.2) is 0 Å². The third-order valence-corrected chi connectivity index (χ3v) is 2.05. The van der Waals surface area contributed by atoms with E-state index in [9.17, 15) is 0 Å². The van der Waals surface area contributed by atoms with Crippen molar-refractivity contribution in [2.45, 2.75) is 19.4 Å². The molecule has 2 heteroatoms. The molecule has 0 aliphatic carbocycles. The van der Waals surface area contributed by atoms with Crippen molar-refractivity contribution in [2.24, 2.45) is 5.92 Å². The van der Waals surface area contributed by atoms with Gasteiger partial charge in [0.2, 0.25) is 0 Å². The van der Waals surface area contributed by atoms with Gasteiger partial charge in [-0.05, 0) is 24.9 Å². The third kappa shape index (κ3) is 1.43. The number of rotatable bonds is 1. The van der Waals surface area contributed by atoms with E-state index in [0.717, 1.165) is 13.0 Å². The first-order valence-corrected chi connectivity index (χ1v) is 3.42. The fraction of sp³-hybridized carbons (Fsp3) is 0.857. The molecule has 0 saturated carbocycles. The standard InChI is InChI=1S/C7H14NO/c1-6-3-7(5-9)4-8(6)2/h6-7,9H,2-5H2,1H3/q-1. The van der Waals surface area contributed by atoms with Gasteiger partial charge in [-0.3, -0.25) is 7.05 Å². The highest BCUT2D eigenvalue weighted by atomic mass is 16.3. The Morgan fingerprint density at radius 2 is 2.44 bits per heavy atom. The summed E-state index contributed by atoms with van der Waals surface area (Å²) in [7, 11) is 3.84. The Kier molecular flexibility index (Phi) is 2.09. The van der Waals surface area contributed by atoms with Crippen molar-refractivity contribution in [1.82, 2.24) is 4.90 Å². The number of aliphatic hydroxyl groups is 1. The molecule has 0 bridgehead atoms. The number of likely N-dealkylation sites (tertiary alicyclic amines) is 1. The molecule has 2 unspecified atom stereocenters. The van der Waals surface area contributed by atoms with E-state index in [1.165, 1.54) is 0 Å². The van der Waals surface area contributed by atoms with Crippen LogP contribution in [0.3, 0.4) is 0 Å². The minimum Gasteiger partial charge on any atom is -0.457 e. The maximum Gasteiger partial charge on any atom is 0.0471 e. The van der Waals surface area contributed by atoms with Crippen LogP contribution >= 0.6 is 0 Å². The van der Waals surface area contributed by atoms with Crippen LogP contribution in [0, 0.1) is 13.0 Å². The van der Waals surface area contributed by atoms with Crippen molar-refractivity contribution in [3.8, 4) is 0 Å². The quantitative estimate of drug-likeness (QED) is 0.519. The summed E-state index contributed by atoms with van der Waals surface area (Å²) in [5, 5.41) is 8.75. The molecule has 1 fully saturated rings. The maximum absolute atomic E-state index is 8.75. The zero-order chi connectivity index (χ0) is 6.85. The fourth-order valence-corrected chi connectivity index (χ4v) is 1.35. The van der Waals surface area contributed by atoms with Crippen LogP contribution in [-0.2, 0) is 0 Å². The summed E-state index contributed by atoms with van der Waals surface area (Å²) in [5.74, 6) is 0.470. The highest BCUT2D eigenvalue weighted by Gasteiger charge is 2.20. The van der Waals surface area contributed by atoms with Gasteiger partial charge in [0, 0.05) is 6.61 Å². The molecule has 1 aliphatic heterocycles. The second-order valence-electron chi connectivity index (χ2n) is 2.90. The largest absolute Gasteiger partial charge is 0.457 e. The number of aliphatic hydroxyl groups excluding tert-OH is 1. The van der Waals surface area contributed by atoms with Crippen LogP contribution < -0.4 is 0 Å². The monoisotopic (exact) mass is 128 g/mol. The lowest BCUT2D eigenvalue weighted by molar-refractivity contribution is 0.230. The second-order valence-corrected chi connectivity index (χ2v) is 2.90. The molecule has 0 amide bonds. The van der Waals surface area contributed by atoms with Crippen LogP contribution in [0.5, 0.6) is 0 Å². The Morgan fingerprint density at radius 1 is 1.78 bits per heavy atom. The molecule has 0 radical (unpaired) electrons. The van der Waals surface area contributed by atoms with Gasteiger partial charge in [0.05, 0.1) is 0 Å². The zero-order valence-electron chi connectivity index (χ0n) is 5.88. The molecule has 2 atom stereocenters. The van der Waals surface area contributed by atoms with Gasteiger partial charge in [-0.1, -0.05) is 6.92 Å². The van der Waals surface area contributed by atoms with Crippen LogP contribution in [0.1, 0.15) is 13.3 Å². The molecule has 54 valence electrons. The molecular formula is C7H14NO-. The number of hydrogen-bond donors (Lipinski definition) is 1. The number of nitrogens with zero attached hydrogens (tertiary/aromatic N) is 1. The Balaban J connectivity index is 2.35. The van der Waals surface area contributed by atoms with Gasteiger partial charge in [-0.15, -0.1) is 0 Å². The van der Waals surface area contributed by atoms with Gasteiger partial charge in [0.1, 0.15) is 0 Å². The molecule has 1 heterocycles. The van der Waals surface area contributed by atoms with E-state index in [-0.39, 0.29) is 0 Å². The van der Waals surface area contributed by atoms with E-state index >= 15 is 0 Å². The lowest BCUT2D eigenvalue weighted by Crippen LogP contribution is -2.19. The summed E-state index contributed by atoms with van der Waals surface area (Å²) >= 11 is 0. The molecule has 9 heavy (non-hydrogen) atoms. The molecule has 1 N–H and O–H groups in total. The van der Waals surface area contributed by atoms with Crippen molar-refractivity contribution >= 4 is 0 Å². The van der Waals surface area contributed by atoms with Gasteiger partial charge >= 0.3 is 0 Å². The molecular weight excluding hydrogens is 114 g/mol. The van der Waals surface area contributed by atoms with Crippen LogP contribution in [0.4, 0.5) is 0 Å². The van der Waals surface area contributed by atoms with Crippen molar-refractivity contribution in [1.29, 1.82) is 0 Å². The zero-order valence-corrected chi connectivity index (χ0v) is 5.88. The Bertz CT molecular complexity index is 84.9. The topological polar surface area (TPSA) is 23.5 Å². The first kappa shape index (κ1) is 7.03. The summed E-state index contributed by atoms with van der Waals surface area (Å²) in [6, 6.07) is 0.558. The van der Waals surface area contributed by atoms with Crippen molar-refractivity contribution < 1.29 is 5.11 Å². The highest BCUT2D eigenvalue weighted by Crippen LogP contribution is 2.20. The molecule has 1 saturated heterocycles. The minimum absolute atomic E-state index is 0.316. The smallest absolute Gasteiger partial charge is 0.0471 e. The van der Waals surface area contributed by atoms with E-state index in [1.807, 2.05) is 4.90 Å². The average molecular weight is 128 g/mol. The molecule has 0 aromatic heterocycles. The Labute approximate surface area is 56.5 Å². The van der Waals surface area contributed by atoms with Gasteiger partial charge in [0.25, 0.3) is 0 Å². The highest BCUT2D eigenvalue weighted by molar-refractivity contribution is 4.80. The minimum atomic E-state index is 0.316. The van der Waals surface area contributed by atoms with Crippen LogP contribution in [0.2, 0.25) is 0 Å². The van der Waals surface area contributed by atoms with E-state index in [4.69, 9.17) is 5.11 Å². The van der Waals surface area contributed by atoms with E-state index in [2.05, 4.69) is 14.0 Å². The fourth-order valence-electron chi connectivity index (χ4n) is 1.35. The summed E-state index contributed by atoms with van der Waals surface area (Å²) in [6.07, 6.45) is 1.10. The maximum atomic E-state index is 8.75. The molecule has 1 rings (SSSR count). The van der Waals surface area contributed by atoms with E-state index in [1.54, 1.807) is 0 Å². The summed E-state index contributed by atoms with van der Waals surface area (Å²) in [6.45, 7) is 3.41. The van der Waals surface area contributed by atoms with Crippen LogP contribution in [-0.4, -0.2) is 29.2 Å². The average Bonchev–Trinajstić information content (AvgIpc) is 2.13. The first-order chi connectivity index (χ1) is 4.24. The first-order valence-electron chi connectivity index (χ1n) is 3.42. The predicted molar refractivity (Wildman–Crippen MR) is 36.7 cm³/mol. The summed E-state index contributed by atoms with van der Waals surface area (Å²) < 4.78 is 0. The Hall–Kier alpha value is -0.0800. The van der Waals surface area contributed by atoms with E-state index < -0.39 is 0 Å². The van der Waals surface area contributed by atoms with Crippen molar-refractivity contribution in [2.75, 3.05) is 13.2 Å². The summed E-state index contributed by atoms with van der Waals surface area (Å²) in [5.41, 5.74) is 0. The molecule has 0 aromatic carbocycles. The lowest BCUT2D eigenvalue weighted by Gasteiger charge is -2.22. The summed E-state index contributed by atoms with van der Waals surface area (Å²) in [4.78, 5) is 2.04. The van der Waals surface area contributed by atoms with Crippen LogP contribution in [0.15, 0.2) is 0 Å². The van der Waals surface area contributed by atoms with Gasteiger partial charge in [-0.2, -0.15) is 0 Å². The Morgan fingerprint density at radius 3 is 2.67 bits per heavy atom. The predicted octanol–water partition coefficient (Wildman–Crippen LogP) is 0.481. The third-order valence-electron chi connectivity index (χ3n) is 2.05.